The van der Waals surface area contributed by atoms with Gasteiger partial charge in [0.15, 0.2) is 5.37 Å². The lowest BCUT2D eigenvalue weighted by Crippen LogP contribution is -2.46. The first-order valence-corrected chi connectivity index (χ1v) is 12.5. The molecule has 1 atom stereocenters. The molecule has 7 heteroatoms. The van der Waals surface area contributed by atoms with Crippen LogP contribution in [0.1, 0.15) is 96.8 Å². The molecule has 6 nitrogen and oxygen atoms in total. The molecule has 0 saturated carbocycles. The maximum absolute atomic E-state index is 11.8. The largest absolute Gasteiger partial charge is 0.337 e. The van der Waals surface area contributed by atoms with Crippen molar-refractivity contribution in [1.82, 2.24) is 10.6 Å². The number of carbonyl (C=O) groups excluding carboxylic acids is 1. The quantitative estimate of drug-likeness (QED) is 0.162. The first kappa shape index (κ1) is 27.1. The molecule has 0 aliphatic rings. The van der Waals surface area contributed by atoms with Gasteiger partial charge in [0.25, 0.3) is 10.1 Å². The molecule has 0 aromatic heterocycles. The average molecular weight is 419 g/mol. The van der Waals surface area contributed by atoms with Crippen LogP contribution in [-0.4, -0.2) is 37.8 Å². The van der Waals surface area contributed by atoms with E-state index in [1.54, 1.807) is 7.05 Å². The Morgan fingerprint density at radius 3 is 1.89 bits per heavy atom. The summed E-state index contributed by atoms with van der Waals surface area (Å²) < 4.78 is 31.4. The van der Waals surface area contributed by atoms with E-state index in [-0.39, 0.29) is 18.9 Å². The fourth-order valence-corrected chi connectivity index (χ4v) is 3.68. The second kappa shape index (κ2) is 18.1. The molecule has 0 rings (SSSR count). The molecule has 28 heavy (non-hydrogen) atoms. The van der Waals surface area contributed by atoms with Gasteiger partial charge in [-0.2, -0.15) is 8.42 Å². The van der Waals surface area contributed by atoms with E-state index >= 15 is 0 Å². The number of unbranched alkanes of at least 4 members (excludes halogenated alkanes) is 11. The predicted octanol–water partition coefficient (Wildman–Crippen LogP) is 4.57. The summed E-state index contributed by atoms with van der Waals surface area (Å²) in [7, 11) is -2.72. The van der Waals surface area contributed by atoms with Crippen LogP contribution in [0.5, 0.6) is 0 Å². The van der Waals surface area contributed by atoms with E-state index in [1.165, 1.54) is 51.4 Å². The third kappa shape index (κ3) is 17.2. The molecule has 0 spiro atoms. The maximum atomic E-state index is 11.8. The molecule has 3 N–H and O–H groups in total. The Hall–Kier alpha value is -0.920. The van der Waals surface area contributed by atoms with Gasteiger partial charge in [0, 0.05) is 13.0 Å². The number of carbonyl (C=O) groups is 1. The van der Waals surface area contributed by atoms with E-state index in [4.69, 9.17) is 4.55 Å². The highest BCUT2D eigenvalue weighted by Gasteiger charge is 2.23. The van der Waals surface area contributed by atoms with Crippen molar-refractivity contribution in [3.8, 4) is 0 Å². The molecular formula is C21H42N2O4S. The van der Waals surface area contributed by atoms with Gasteiger partial charge in [-0.3, -0.25) is 9.35 Å². The zero-order chi connectivity index (χ0) is 21.1. The van der Waals surface area contributed by atoms with Crippen LogP contribution in [0.2, 0.25) is 0 Å². The number of likely N-dealkylation sites (N-methyl/N-ethyl adjacent to an activating group) is 1. The van der Waals surface area contributed by atoms with E-state index in [9.17, 15) is 13.2 Å². The minimum absolute atomic E-state index is 0.0169. The molecule has 0 radical (unpaired) electrons. The normalized spacial score (nSPS) is 13.1. The highest BCUT2D eigenvalue weighted by Crippen LogP contribution is 2.10. The Kier molecular flexibility index (Phi) is 17.5. The van der Waals surface area contributed by atoms with E-state index in [0.29, 0.717) is 0 Å². The molecule has 0 aliphatic heterocycles. The number of hydrogen-bond acceptors (Lipinski definition) is 4. The van der Waals surface area contributed by atoms with Gasteiger partial charge in [-0.15, -0.1) is 0 Å². The molecule has 0 aromatic carbocycles. The summed E-state index contributed by atoms with van der Waals surface area (Å²) in [5, 5.41) is 3.72. The van der Waals surface area contributed by atoms with Crippen LogP contribution < -0.4 is 10.6 Å². The second-order valence-electron chi connectivity index (χ2n) is 7.46. The molecule has 1 amide bonds. The summed E-state index contributed by atoms with van der Waals surface area (Å²) in [5.74, 6) is -0.337. The molecule has 1 unspecified atom stereocenters. The van der Waals surface area contributed by atoms with Crippen LogP contribution in [0.4, 0.5) is 0 Å². The van der Waals surface area contributed by atoms with E-state index in [1.807, 2.05) is 0 Å². The van der Waals surface area contributed by atoms with Gasteiger partial charge in [0.05, 0.1) is 0 Å². The van der Waals surface area contributed by atoms with Gasteiger partial charge in [-0.1, -0.05) is 70.4 Å². The summed E-state index contributed by atoms with van der Waals surface area (Å²) in [5.41, 5.74) is 0. The predicted molar refractivity (Wildman–Crippen MR) is 117 cm³/mol. The Balaban J connectivity index is 3.54. The van der Waals surface area contributed by atoms with Crippen molar-refractivity contribution in [1.29, 1.82) is 0 Å². The summed E-state index contributed by atoms with van der Waals surface area (Å²) in [6, 6.07) is 0. The van der Waals surface area contributed by atoms with Gasteiger partial charge in [-0.25, -0.2) is 0 Å². The van der Waals surface area contributed by atoms with Crippen molar-refractivity contribution in [2.75, 3.05) is 13.6 Å². The first-order valence-electron chi connectivity index (χ1n) is 11.0. The lowest BCUT2D eigenvalue weighted by Gasteiger charge is -2.15. The van der Waals surface area contributed by atoms with Crippen molar-refractivity contribution in [3.63, 3.8) is 0 Å². The minimum atomic E-state index is -4.28. The number of hydrogen-bond donors (Lipinski definition) is 3. The third-order valence-corrected chi connectivity index (χ3v) is 5.74. The smallest absolute Gasteiger partial charge is 0.287 e. The Morgan fingerprint density at radius 2 is 1.39 bits per heavy atom. The van der Waals surface area contributed by atoms with Gasteiger partial charge in [-0.05, 0) is 39.2 Å². The standard InChI is InChI=1S/C21H42N2O4S/c1-3-4-5-6-7-8-9-10-11-12-13-14-15-16-17-18-20(24)23-21(19-22-2)28(25,26)27/h10-11,21-22H,3-9,12-19H2,1-2H3,(H,23,24)(H,25,26,27)/b11-10-. The number of amides is 1. The molecule has 0 bridgehead atoms. The average Bonchev–Trinajstić information content (AvgIpc) is 2.63. The van der Waals surface area contributed by atoms with Crippen LogP contribution in [0.3, 0.4) is 0 Å². The lowest BCUT2D eigenvalue weighted by molar-refractivity contribution is -0.121. The number of rotatable bonds is 19. The zero-order valence-corrected chi connectivity index (χ0v) is 18.7. The van der Waals surface area contributed by atoms with E-state index < -0.39 is 15.5 Å². The minimum Gasteiger partial charge on any atom is -0.337 e. The second-order valence-corrected chi connectivity index (χ2v) is 9.06. The van der Waals surface area contributed by atoms with Crippen molar-refractivity contribution in [2.24, 2.45) is 0 Å². The number of nitrogens with one attached hydrogen (secondary N) is 2. The summed E-state index contributed by atoms with van der Waals surface area (Å²) in [4.78, 5) is 11.8. The Labute approximate surface area is 172 Å². The molecule has 0 aromatic rings. The summed E-state index contributed by atoms with van der Waals surface area (Å²) in [6.45, 7) is 2.23. The van der Waals surface area contributed by atoms with Crippen LogP contribution in [-0.2, 0) is 14.9 Å². The summed E-state index contributed by atoms with van der Waals surface area (Å²) in [6.07, 6.45) is 20.3. The van der Waals surface area contributed by atoms with Crippen molar-refractivity contribution < 1.29 is 17.8 Å². The summed E-state index contributed by atoms with van der Waals surface area (Å²) >= 11 is 0. The molecule has 0 aliphatic carbocycles. The fourth-order valence-electron chi connectivity index (χ4n) is 3.02. The molecular weight excluding hydrogens is 376 g/mol. The molecule has 166 valence electrons. The van der Waals surface area contributed by atoms with Crippen LogP contribution in [0.25, 0.3) is 0 Å². The van der Waals surface area contributed by atoms with Gasteiger partial charge >= 0.3 is 0 Å². The Bertz CT molecular complexity index is 507. The van der Waals surface area contributed by atoms with Gasteiger partial charge < -0.3 is 10.6 Å². The van der Waals surface area contributed by atoms with Gasteiger partial charge in [0.2, 0.25) is 5.91 Å². The maximum Gasteiger partial charge on any atom is 0.287 e. The fraction of sp³-hybridized carbons (Fsp3) is 0.857. The van der Waals surface area contributed by atoms with Crippen molar-refractivity contribution in [2.45, 2.75) is 102 Å². The van der Waals surface area contributed by atoms with Crippen LogP contribution >= 0.6 is 0 Å². The van der Waals surface area contributed by atoms with Crippen molar-refractivity contribution >= 4 is 16.0 Å². The van der Waals surface area contributed by atoms with E-state index in [0.717, 1.165) is 32.1 Å². The van der Waals surface area contributed by atoms with Crippen molar-refractivity contribution in [3.05, 3.63) is 12.2 Å². The molecule has 0 fully saturated rings. The highest BCUT2D eigenvalue weighted by atomic mass is 32.2. The molecule has 0 saturated heterocycles. The topological polar surface area (TPSA) is 95.5 Å². The number of allylic oxidation sites excluding steroid dienone is 2. The van der Waals surface area contributed by atoms with Gasteiger partial charge in [0.1, 0.15) is 0 Å². The first-order chi connectivity index (χ1) is 13.4. The highest BCUT2D eigenvalue weighted by molar-refractivity contribution is 7.86. The molecule has 0 heterocycles. The van der Waals surface area contributed by atoms with Crippen LogP contribution in [0, 0.1) is 0 Å². The van der Waals surface area contributed by atoms with E-state index in [2.05, 4.69) is 29.7 Å². The monoisotopic (exact) mass is 418 g/mol. The SMILES string of the molecule is CCCCCCCC/C=C\CCCCCCCC(=O)NC(CNC)S(=O)(=O)O. The van der Waals surface area contributed by atoms with Crippen LogP contribution in [0.15, 0.2) is 12.2 Å². The zero-order valence-electron chi connectivity index (χ0n) is 17.9. The third-order valence-electron chi connectivity index (χ3n) is 4.74. The lowest BCUT2D eigenvalue weighted by atomic mass is 10.1. The Morgan fingerprint density at radius 1 is 0.893 bits per heavy atom.